The van der Waals surface area contributed by atoms with E-state index in [9.17, 15) is 10.1 Å². The lowest BCUT2D eigenvalue weighted by Gasteiger charge is -2.04. The first-order valence-corrected chi connectivity index (χ1v) is 4.22. The van der Waals surface area contributed by atoms with E-state index in [2.05, 4.69) is 5.92 Å². The van der Waals surface area contributed by atoms with E-state index < -0.39 is 4.92 Å². The molecular weight excluding hydrogens is 196 g/mol. The first kappa shape index (κ1) is 11.0. The summed E-state index contributed by atoms with van der Waals surface area (Å²) in [6.07, 6.45) is 4.99. The van der Waals surface area contributed by atoms with Crippen LogP contribution >= 0.6 is 0 Å². The van der Waals surface area contributed by atoms with Crippen LogP contribution in [0, 0.1) is 22.5 Å². The molecule has 1 rings (SSSR count). The van der Waals surface area contributed by atoms with Crippen LogP contribution in [0.25, 0.3) is 0 Å². The van der Waals surface area contributed by atoms with E-state index in [1.54, 1.807) is 6.07 Å². The first-order valence-electron chi connectivity index (χ1n) is 4.22. The molecule has 15 heavy (non-hydrogen) atoms. The largest absolute Gasteiger partial charge is 0.474 e. The van der Waals surface area contributed by atoms with Gasteiger partial charge in [0.15, 0.2) is 5.75 Å². The lowest BCUT2D eigenvalue weighted by atomic mass is 10.2. The second kappa shape index (κ2) is 4.98. The fraction of sp³-hybridized carbons (Fsp3) is 0.200. The van der Waals surface area contributed by atoms with Crippen molar-refractivity contribution in [1.82, 2.24) is 0 Å². The Hall–Kier alpha value is -2.06. The van der Waals surface area contributed by atoms with Gasteiger partial charge in [0.05, 0.1) is 4.92 Å². The summed E-state index contributed by atoms with van der Waals surface area (Å²) >= 11 is 0. The second-order valence-electron chi connectivity index (χ2n) is 2.76. The summed E-state index contributed by atoms with van der Waals surface area (Å²) in [5, 5.41) is 10.7. The van der Waals surface area contributed by atoms with Crippen molar-refractivity contribution in [3.8, 4) is 18.1 Å². The van der Waals surface area contributed by atoms with Crippen molar-refractivity contribution in [3.05, 3.63) is 33.9 Å². The van der Waals surface area contributed by atoms with E-state index >= 15 is 0 Å². The van der Waals surface area contributed by atoms with Crippen LogP contribution in [0.4, 0.5) is 5.69 Å². The maximum atomic E-state index is 10.7. The zero-order valence-corrected chi connectivity index (χ0v) is 7.97. The molecule has 0 amide bonds. The molecule has 0 aliphatic rings. The number of hydrogen-bond acceptors (Lipinski definition) is 4. The topological polar surface area (TPSA) is 78.4 Å². The molecule has 0 aliphatic carbocycles. The maximum Gasteiger partial charge on any atom is 0.311 e. The SMILES string of the molecule is C#CCOc1ccc(CN)cc1[N+](=O)[O-]. The molecule has 1 aromatic rings. The Morgan fingerprint density at radius 1 is 1.60 bits per heavy atom. The van der Waals surface area contributed by atoms with Crippen molar-refractivity contribution >= 4 is 5.69 Å². The molecule has 5 heteroatoms. The minimum Gasteiger partial charge on any atom is -0.474 e. The number of hydrogen-bond donors (Lipinski definition) is 1. The predicted molar refractivity (Wildman–Crippen MR) is 55.3 cm³/mol. The monoisotopic (exact) mass is 206 g/mol. The molecule has 0 atom stereocenters. The average Bonchev–Trinajstić information content (AvgIpc) is 2.26. The molecule has 0 aromatic heterocycles. The predicted octanol–water partition coefficient (Wildman–Crippen LogP) is 1.07. The Labute approximate surface area is 87.0 Å². The third kappa shape index (κ3) is 2.69. The Bertz CT molecular complexity index is 410. The van der Waals surface area contributed by atoms with Gasteiger partial charge in [-0.3, -0.25) is 10.1 Å². The van der Waals surface area contributed by atoms with E-state index in [-0.39, 0.29) is 24.6 Å². The summed E-state index contributed by atoms with van der Waals surface area (Å²) in [5.74, 6) is 2.40. The van der Waals surface area contributed by atoms with E-state index in [4.69, 9.17) is 16.9 Å². The quantitative estimate of drug-likeness (QED) is 0.454. The molecule has 2 N–H and O–H groups in total. The average molecular weight is 206 g/mol. The fourth-order valence-corrected chi connectivity index (χ4v) is 1.07. The Morgan fingerprint density at radius 3 is 2.87 bits per heavy atom. The van der Waals surface area contributed by atoms with Crippen molar-refractivity contribution in [3.63, 3.8) is 0 Å². The highest BCUT2D eigenvalue weighted by molar-refractivity contribution is 5.48. The molecule has 0 unspecified atom stereocenters. The molecular formula is C10H10N2O3. The van der Waals surface area contributed by atoms with E-state index in [0.29, 0.717) is 5.56 Å². The lowest BCUT2D eigenvalue weighted by molar-refractivity contribution is -0.385. The molecule has 1 aromatic carbocycles. The van der Waals surface area contributed by atoms with Crippen molar-refractivity contribution in [2.24, 2.45) is 5.73 Å². The minimum absolute atomic E-state index is 0.00279. The van der Waals surface area contributed by atoms with Gasteiger partial charge in [0.1, 0.15) is 6.61 Å². The number of nitrogens with zero attached hydrogens (tertiary/aromatic N) is 1. The normalized spacial score (nSPS) is 9.33. The van der Waals surface area contributed by atoms with Gasteiger partial charge in [-0.25, -0.2) is 0 Å². The summed E-state index contributed by atoms with van der Waals surface area (Å²) in [6.45, 7) is 0.249. The molecule has 0 radical (unpaired) electrons. The van der Waals surface area contributed by atoms with Crippen LogP contribution in [0.2, 0.25) is 0 Å². The zero-order valence-electron chi connectivity index (χ0n) is 7.97. The Kier molecular flexibility index (Phi) is 3.66. The van der Waals surface area contributed by atoms with Crippen LogP contribution in [-0.4, -0.2) is 11.5 Å². The number of terminal acetylenes is 1. The standard InChI is InChI=1S/C10H10N2O3/c1-2-5-15-10-4-3-8(7-11)6-9(10)12(13)14/h1,3-4,6H,5,7,11H2. The summed E-state index contributed by atoms with van der Waals surface area (Å²) in [4.78, 5) is 10.2. The Morgan fingerprint density at radius 2 is 2.33 bits per heavy atom. The smallest absolute Gasteiger partial charge is 0.311 e. The highest BCUT2D eigenvalue weighted by atomic mass is 16.6. The number of rotatable bonds is 4. The molecule has 78 valence electrons. The third-order valence-corrected chi connectivity index (χ3v) is 1.77. The molecule has 0 heterocycles. The second-order valence-corrected chi connectivity index (χ2v) is 2.76. The summed E-state index contributed by atoms with van der Waals surface area (Å²) in [6, 6.07) is 4.54. The van der Waals surface area contributed by atoms with E-state index in [1.807, 2.05) is 0 Å². The number of ether oxygens (including phenoxy) is 1. The summed E-state index contributed by atoms with van der Waals surface area (Å²) < 4.78 is 5.03. The van der Waals surface area contributed by atoms with Crippen LogP contribution in [-0.2, 0) is 6.54 Å². The van der Waals surface area contributed by atoms with E-state index in [0.717, 1.165) is 0 Å². The van der Waals surface area contributed by atoms with Gasteiger partial charge in [-0.2, -0.15) is 0 Å². The molecule has 0 saturated heterocycles. The van der Waals surface area contributed by atoms with Crippen LogP contribution in [0.5, 0.6) is 5.75 Å². The van der Waals surface area contributed by atoms with Crippen LogP contribution in [0.1, 0.15) is 5.56 Å². The molecule has 0 aliphatic heterocycles. The first-order chi connectivity index (χ1) is 7.19. The summed E-state index contributed by atoms with van der Waals surface area (Å²) in [5.41, 5.74) is 5.93. The number of benzene rings is 1. The highest BCUT2D eigenvalue weighted by Gasteiger charge is 2.15. The number of nitro benzene ring substituents is 1. The molecule has 0 saturated carbocycles. The van der Waals surface area contributed by atoms with Gasteiger partial charge in [-0.15, -0.1) is 6.42 Å². The molecule has 5 nitrogen and oxygen atoms in total. The fourth-order valence-electron chi connectivity index (χ4n) is 1.07. The Balaban J connectivity index is 3.05. The van der Waals surface area contributed by atoms with Crippen LogP contribution in [0.3, 0.4) is 0 Å². The summed E-state index contributed by atoms with van der Waals surface area (Å²) in [7, 11) is 0. The van der Waals surface area contributed by atoms with Crippen LogP contribution in [0.15, 0.2) is 18.2 Å². The third-order valence-electron chi connectivity index (χ3n) is 1.77. The number of nitro groups is 1. The van der Waals surface area contributed by atoms with Gasteiger partial charge in [-0.05, 0) is 11.6 Å². The van der Waals surface area contributed by atoms with Gasteiger partial charge in [0, 0.05) is 12.6 Å². The molecule has 0 fully saturated rings. The minimum atomic E-state index is -0.523. The van der Waals surface area contributed by atoms with Gasteiger partial charge in [0.2, 0.25) is 0 Å². The lowest BCUT2D eigenvalue weighted by Crippen LogP contribution is -2.01. The molecule has 0 spiro atoms. The van der Waals surface area contributed by atoms with Gasteiger partial charge >= 0.3 is 5.69 Å². The van der Waals surface area contributed by atoms with Crippen LogP contribution < -0.4 is 10.5 Å². The highest BCUT2D eigenvalue weighted by Crippen LogP contribution is 2.27. The van der Waals surface area contributed by atoms with Crippen molar-refractivity contribution in [1.29, 1.82) is 0 Å². The van der Waals surface area contributed by atoms with Gasteiger partial charge in [0.25, 0.3) is 0 Å². The van der Waals surface area contributed by atoms with Gasteiger partial charge < -0.3 is 10.5 Å². The van der Waals surface area contributed by atoms with E-state index in [1.165, 1.54) is 12.1 Å². The molecule has 0 bridgehead atoms. The zero-order chi connectivity index (χ0) is 11.3. The maximum absolute atomic E-state index is 10.7. The van der Waals surface area contributed by atoms with Crippen molar-refractivity contribution in [2.75, 3.05) is 6.61 Å². The van der Waals surface area contributed by atoms with Crippen molar-refractivity contribution in [2.45, 2.75) is 6.54 Å². The number of nitrogens with two attached hydrogens (primary N) is 1. The van der Waals surface area contributed by atoms with Gasteiger partial charge in [-0.1, -0.05) is 12.0 Å². The van der Waals surface area contributed by atoms with Crippen molar-refractivity contribution < 1.29 is 9.66 Å².